The molecule has 1 aromatic carbocycles. The molecule has 1 aromatic rings. The first kappa shape index (κ1) is 18.3. The lowest BCUT2D eigenvalue weighted by molar-refractivity contribution is 0.0188. The molecule has 2 aliphatic rings. The van der Waals surface area contributed by atoms with Crippen molar-refractivity contribution < 1.29 is 4.74 Å². The molecule has 1 aliphatic heterocycles. The fourth-order valence-corrected chi connectivity index (χ4v) is 3.04. The van der Waals surface area contributed by atoms with Crippen LogP contribution in [0, 0.1) is 29.1 Å². The van der Waals surface area contributed by atoms with Crippen molar-refractivity contribution in [1.82, 2.24) is 10.7 Å². The quantitative estimate of drug-likeness (QED) is 0.417. The highest BCUT2D eigenvalue weighted by Gasteiger charge is 2.18. The number of nitriles is 1. The van der Waals surface area contributed by atoms with Gasteiger partial charge in [-0.1, -0.05) is 17.9 Å². The smallest absolute Gasteiger partial charge is 0.0747 e. The van der Waals surface area contributed by atoms with E-state index >= 15 is 0 Å². The average molecular weight is 350 g/mol. The Morgan fingerprint density at radius 3 is 2.88 bits per heavy atom. The van der Waals surface area contributed by atoms with Crippen LogP contribution in [-0.2, 0) is 11.2 Å². The lowest BCUT2D eigenvalue weighted by atomic mass is 9.99. The van der Waals surface area contributed by atoms with Crippen molar-refractivity contribution in [3.8, 4) is 17.9 Å². The van der Waals surface area contributed by atoms with Crippen LogP contribution in [0.3, 0.4) is 0 Å². The third-order valence-electron chi connectivity index (χ3n) is 4.68. The largest absolute Gasteiger partial charge is 0.387 e. The summed E-state index contributed by atoms with van der Waals surface area (Å²) in [5, 5.41) is 12.5. The van der Waals surface area contributed by atoms with Gasteiger partial charge < -0.3 is 15.5 Å². The number of benzene rings is 1. The molecule has 1 saturated carbocycles. The Morgan fingerprint density at radius 1 is 1.31 bits per heavy atom. The summed E-state index contributed by atoms with van der Waals surface area (Å²) in [5.41, 5.74) is 6.30. The van der Waals surface area contributed by atoms with Gasteiger partial charge in [-0.2, -0.15) is 5.26 Å². The lowest BCUT2D eigenvalue weighted by Gasteiger charge is -2.22. The molecule has 0 spiro atoms. The molecular weight excluding hydrogens is 324 g/mol. The van der Waals surface area contributed by atoms with Gasteiger partial charge in [0.15, 0.2) is 0 Å². The van der Waals surface area contributed by atoms with Crippen molar-refractivity contribution in [1.29, 1.82) is 5.26 Å². The molecule has 5 nitrogen and oxygen atoms in total. The lowest BCUT2D eigenvalue weighted by Crippen LogP contribution is -2.30. The Bertz CT molecular complexity index is 744. The Balaban J connectivity index is 1.72. The molecule has 3 rings (SSSR count). The van der Waals surface area contributed by atoms with Crippen molar-refractivity contribution >= 4 is 5.70 Å². The third kappa shape index (κ3) is 5.26. The van der Waals surface area contributed by atoms with Gasteiger partial charge >= 0.3 is 0 Å². The minimum absolute atomic E-state index is 0.248. The molecule has 0 aromatic heterocycles. The number of hydrogen-bond acceptors (Lipinski definition) is 5. The molecule has 1 aliphatic carbocycles. The van der Waals surface area contributed by atoms with Gasteiger partial charge in [0.1, 0.15) is 0 Å². The Hall–Kier alpha value is -2.47. The third-order valence-corrected chi connectivity index (χ3v) is 4.68. The van der Waals surface area contributed by atoms with Gasteiger partial charge in [0, 0.05) is 36.4 Å². The van der Waals surface area contributed by atoms with E-state index in [9.17, 15) is 5.26 Å². The van der Waals surface area contributed by atoms with Gasteiger partial charge in [0.2, 0.25) is 0 Å². The van der Waals surface area contributed by atoms with Crippen LogP contribution in [0.2, 0.25) is 0 Å². The van der Waals surface area contributed by atoms with Gasteiger partial charge in [0.05, 0.1) is 24.3 Å². The van der Waals surface area contributed by atoms with Crippen LogP contribution in [0.25, 0.3) is 5.70 Å². The van der Waals surface area contributed by atoms with Gasteiger partial charge in [-0.25, -0.2) is 0 Å². The molecule has 4 N–H and O–H groups in total. The molecule has 136 valence electrons. The molecule has 0 radical (unpaired) electrons. The number of nitrogens with one attached hydrogen (secondary N) is 2. The summed E-state index contributed by atoms with van der Waals surface area (Å²) in [7, 11) is 0. The summed E-state index contributed by atoms with van der Waals surface area (Å²) < 4.78 is 5.73. The summed E-state index contributed by atoms with van der Waals surface area (Å²) in [5.74, 6) is 12.8. The first-order chi connectivity index (χ1) is 12.8. The van der Waals surface area contributed by atoms with Gasteiger partial charge in [-0.3, -0.25) is 5.84 Å². The van der Waals surface area contributed by atoms with Crippen LogP contribution < -0.4 is 16.6 Å². The van der Waals surface area contributed by atoms with E-state index in [1.54, 1.807) is 0 Å². The van der Waals surface area contributed by atoms with E-state index in [1.165, 1.54) is 19.3 Å². The van der Waals surface area contributed by atoms with Crippen molar-refractivity contribution in [2.75, 3.05) is 13.2 Å². The summed E-state index contributed by atoms with van der Waals surface area (Å²) in [4.78, 5) is 0. The Morgan fingerprint density at radius 2 is 2.19 bits per heavy atom. The number of hydrogen-bond donors (Lipinski definition) is 3. The minimum atomic E-state index is 0.248. The van der Waals surface area contributed by atoms with Gasteiger partial charge in [-0.05, 0) is 49.8 Å². The first-order valence-electron chi connectivity index (χ1n) is 9.33. The van der Waals surface area contributed by atoms with E-state index in [0.29, 0.717) is 12.3 Å². The normalized spacial score (nSPS) is 19.8. The van der Waals surface area contributed by atoms with E-state index in [-0.39, 0.29) is 6.10 Å². The van der Waals surface area contributed by atoms with Crippen LogP contribution in [0.1, 0.15) is 48.8 Å². The van der Waals surface area contributed by atoms with Crippen LogP contribution in [-0.4, -0.2) is 19.3 Å². The SMILES string of the molecule is N#CCc1cc(C#CC2CC2)ccc1/C(=C/NCC1CCCCO1)NN. The molecule has 0 amide bonds. The maximum atomic E-state index is 9.17. The van der Waals surface area contributed by atoms with Gasteiger partial charge in [0.25, 0.3) is 0 Å². The summed E-state index contributed by atoms with van der Waals surface area (Å²) >= 11 is 0. The van der Waals surface area contributed by atoms with Crippen molar-refractivity contribution in [3.05, 3.63) is 41.1 Å². The molecule has 0 bridgehead atoms. The van der Waals surface area contributed by atoms with Crippen LogP contribution in [0.4, 0.5) is 0 Å². The Kier molecular flexibility index (Phi) is 6.55. The first-order valence-corrected chi connectivity index (χ1v) is 9.33. The van der Waals surface area contributed by atoms with E-state index < -0.39 is 0 Å². The monoisotopic (exact) mass is 350 g/mol. The van der Waals surface area contributed by atoms with Crippen LogP contribution in [0.15, 0.2) is 24.4 Å². The van der Waals surface area contributed by atoms with E-state index in [4.69, 9.17) is 10.6 Å². The molecular formula is C21H26N4O. The van der Waals surface area contributed by atoms with Crippen molar-refractivity contribution in [2.45, 2.75) is 44.6 Å². The molecule has 26 heavy (non-hydrogen) atoms. The van der Waals surface area contributed by atoms with Crippen molar-refractivity contribution in [3.63, 3.8) is 0 Å². The second-order valence-corrected chi connectivity index (χ2v) is 6.85. The number of nitrogens with zero attached hydrogens (tertiary/aromatic N) is 1. The van der Waals surface area contributed by atoms with E-state index in [2.05, 4.69) is 28.7 Å². The topological polar surface area (TPSA) is 83.1 Å². The van der Waals surface area contributed by atoms with E-state index in [0.717, 1.165) is 48.4 Å². The molecule has 2 fully saturated rings. The van der Waals surface area contributed by atoms with Crippen LogP contribution in [0.5, 0.6) is 0 Å². The maximum absolute atomic E-state index is 9.17. The highest BCUT2D eigenvalue weighted by molar-refractivity contribution is 5.67. The zero-order valence-electron chi connectivity index (χ0n) is 15.1. The molecule has 5 heteroatoms. The molecule has 1 heterocycles. The fraction of sp³-hybridized carbons (Fsp3) is 0.476. The second-order valence-electron chi connectivity index (χ2n) is 6.85. The van der Waals surface area contributed by atoms with E-state index in [1.807, 2.05) is 24.4 Å². The number of rotatable bonds is 6. The van der Waals surface area contributed by atoms with Crippen molar-refractivity contribution in [2.24, 2.45) is 11.8 Å². The summed E-state index contributed by atoms with van der Waals surface area (Å²) in [6.45, 7) is 1.59. The van der Waals surface area contributed by atoms with Gasteiger partial charge in [-0.15, -0.1) is 0 Å². The summed E-state index contributed by atoms with van der Waals surface area (Å²) in [6.07, 6.45) is 8.29. The standard InChI is InChI=1S/C21H26N4O/c22-11-10-18-13-17(7-6-16-4-5-16)8-9-20(18)21(25-23)15-24-14-19-3-1-2-12-26-19/h8-9,13,15-16,19,24-25H,1-5,10,12,14,23H2/b21-15-. The highest BCUT2D eigenvalue weighted by atomic mass is 16.5. The predicted octanol–water partition coefficient (Wildman–Crippen LogP) is 2.43. The minimum Gasteiger partial charge on any atom is -0.387 e. The number of hydrazine groups is 1. The highest BCUT2D eigenvalue weighted by Crippen LogP contribution is 2.27. The molecule has 1 unspecified atom stereocenters. The maximum Gasteiger partial charge on any atom is 0.0747 e. The predicted molar refractivity (Wildman–Crippen MR) is 102 cm³/mol. The molecule has 1 atom stereocenters. The second kappa shape index (κ2) is 9.29. The zero-order valence-corrected chi connectivity index (χ0v) is 15.1. The van der Waals surface area contributed by atoms with Crippen LogP contribution >= 0.6 is 0 Å². The zero-order chi connectivity index (χ0) is 18.2. The number of ether oxygens (including phenoxy) is 1. The average Bonchev–Trinajstić information content (AvgIpc) is 3.50. The summed E-state index contributed by atoms with van der Waals surface area (Å²) in [6, 6.07) is 8.19. The fourth-order valence-electron chi connectivity index (χ4n) is 3.04. The number of nitrogens with two attached hydrogens (primary N) is 1. The molecule has 1 saturated heterocycles. The Labute approximate surface area is 155 Å².